The summed E-state index contributed by atoms with van der Waals surface area (Å²) < 4.78 is 10.6. The molecule has 0 bridgehead atoms. The quantitative estimate of drug-likeness (QED) is 0.432. The highest BCUT2D eigenvalue weighted by Gasteiger charge is 2.02. The second-order valence-electron chi connectivity index (χ2n) is 4.15. The van der Waals surface area contributed by atoms with Gasteiger partial charge in [0.1, 0.15) is 11.5 Å². The lowest BCUT2D eigenvalue weighted by Gasteiger charge is -2.10. The molecule has 0 unspecified atom stereocenters. The maximum absolute atomic E-state index is 10.2. The molecule has 0 aromatic heterocycles. The molecule has 0 atom stereocenters. The van der Waals surface area contributed by atoms with Crippen molar-refractivity contribution in [3.63, 3.8) is 0 Å². The van der Waals surface area contributed by atoms with E-state index in [-0.39, 0.29) is 5.17 Å². The number of rotatable bonds is 6. The van der Waals surface area contributed by atoms with E-state index in [1.54, 1.807) is 55.6 Å². The molecule has 22 heavy (non-hydrogen) atoms. The molecule has 0 saturated heterocycles. The van der Waals surface area contributed by atoms with Gasteiger partial charge in [-0.05, 0) is 60.7 Å². The van der Waals surface area contributed by atoms with Crippen molar-refractivity contribution < 1.29 is 14.3 Å². The number of hydrogen-bond acceptors (Lipinski definition) is 5. The van der Waals surface area contributed by atoms with E-state index >= 15 is 0 Å². The SMILES string of the molecule is COc1ccc(OC(=S)Nc2ccc(NNC=O)cc2)cc1. The first kappa shape index (κ1) is 15.6. The van der Waals surface area contributed by atoms with Crippen LogP contribution in [-0.2, 0) is 4.79 Å². The van der Waals surface area contributed by atoms with Crippen molar-refractivity contribution in [1.29, 1.82) is 0 Å². The topological polar surface area (TPSA) is 71.6 Å². The fraction of sp³-hybridized carbons (Fsp3) is 0.0667. The molecule has 2 aromatic rings. The highest BCUT2D eigenvalue weighted by atomic mass is 32.1. The van der Waals surface area contributed by atoms with E-state index in [9.17, 15) is 4.79 Å². The third-order valence-electron chi connectivity index (χ3n) is 2.68. The smallest absolute Gasteiger partial charge is 0.266 e. The van der Waals surface area contributed by atoms with Gasteiger partial charge >= 0.3 is 0 Å². The van der Waals surface area contributed by atoms with Gasteiger partial charge in [0.2, 0.25) is 6.41 Å². The number of amides is 1. The van der Waals surface area contributed by atoms with Crippen LogP contribution in [0.25, 0.3) is 0 Å². The molecule has 0 aliphatic rings. The van der Waals surface area contributed by atoms with Gasteiger partial charge in [0.15, 0.2) is 0 Å². The summed E-state index contributed by atoms with van der Waals surface area (Å²) in [5, 5.41) is 3.20. The molecule has 2 rings (SSSR count). The van der Waals surface area contributed by atoms with Crippen molar-refractivity contribution in [3.8, 4) is 11.5 Å². The van der Waals surface area contributed by atoms with Gasteiger partial charge < -0.3 is 14.8 Å². The van der Waals surface area contributed by atoms with Crippen LogP contribution in [0.4, 0.5) is 11.4 Å². The van der Waals surface area contributed by atoms with Gasteiger partial charge in [-0.3, -0.25) is 15.6 Å². The molecule has 0 spiro atoms. The molecule has 0 radical (unpaired) electrons. The number of thiocarbonyl (C=S) groups is 1. The van der Waals surface area contributed by atoms with Crippen LogP contribution >= 0.6 is 12.2 Å². The maximum atomic E-state index is 10.2. The zero-order valence-electron chi connectivity index (χ0n) is 11.8. The Morgan fingerprint density at radius 2 is 1.59 bits per heavy atom. The summed E-state index contributed by atoms with van der Waals surface area (Å²) in [6.45, 7) is 0. The lowest BCUT2D eigenvalue weighted by atomic mass is 10.3. The van der Waals surface area contributed by atoms with Crippen molar-refractivity contribution in [2.24, 2.45) is 0 Å². The first-order chi connectivity index (χ1) is 10.7. The number of hydrogen-bond donors (Lipinski definition) is 3. The average molecular weight is 317 g/mol. The summed E-state index contributed by atoms with van der Waals surface area (Å²) >= 11 is 5.14. The molecule has 0 heterocycles. The first-order valence-electron chi connectivity index (χ1n) is 6.39. The predicted molar refractivity (Wildman–Crippen MR) is 89.1 cm³/mol. The van der Waals surface area contributed by atoms with E-state index < -0.39 is 0 Å². The molecule has 2 aromatic carbocycles. The highest BCUT2D eigenvalue weighted by Crippen LogP contribution is 2.18. The van der Waals surface area contributed by atoms with Gasteiger partial charge in [-0.15, -0.1) is 0 Å². The molecule has 6 nitrogen and oxygen atoms in total. The normalized spacial score (nSPS) is 9.50. The summed E-state index contributed by atoms with van der Waals surface area (Å²) in [5.74, 6) is 1.37. The van der Waals surface area contributed by atoms with Gasteiger partial charge in [-0.1, -0.05) is 0 Å². The van der Waals surface area contributed by atoms with Crippen LogP contribution in [0.15, 0.2) is 48.5 Å². The van der Waals surface area contributed by atoms with E-state index in [2.05, 4.69) is 16.2 Å². The number of nitrogens with one attached hydrogen (secondary N) is 3. The Hall–Kier alpha value is -2.80. The summed E-state index contributed by atoms with van der Waals surface area (Å²) in [6.07, 6.45) is 0.560. The highest BCUT2D eigenvalue weighted by molar-refractivity contribution is 7.80. The average Bonchev–Trinajstić information content (AvgIpc) is 2.55. The van der Waals surface area contributed by atoms with E-state index in [1.807, 2.05) is 0 Å². The van der Waals surface area contributed by atoms with Crippen molar-refractivity contribution in [2.45, 2.75) is 0 Å². The van der Waals surface area contributed by atoms with E-state index in [4.69, 9.17) is 21.7 Å². The summed E-state index contributed by atoms with van der Waals surface area (Å²) in [6, 6.07) is 14.3. The Morgan fingerprint density at radius 1 is 1.00 bits per heavy atom. The minimum Gasteiger partial charge on any atom is -0.497 e. The Morgan fingerprint density at radius 3 is 2.18 bits per heavy atom. The minimum atomic E-state index is 0.233. The number of anilines is 2. The van der Waals surface area contributed by atoms with Gasteiger partial charge in [0.25, 0.3) is 5.17 Å². The van der Waals surface area contributed by atoms with Crippen LogP contribution < -0.4 is 25.6 Å². The second-order valence-corrected chi connectivity index (χ2v) is 4.53. The Bertz CT molecular complexity index is 629. The molecule has 3 N–H and O–H groups in total. The van der Waals surface area contributed by atoms with Crippen LogP contribution in [0, 0.1) is 0 Å². The number of ether oxygens (including phenoxy) is 2. The van der Waals surface area contributed by atoms with Gasteiger partial charge in [0.05, 0.1) is 12.8 Å². The molecular formula is C15H15N3O3S. The van der Waals surface area contributed by atoms with Gasteiger partial charge in [0, 0.05) is 5.69 Å². The summed E-state index contributed by atoms with van der Waals surface area (Å²) in [7, 11) is 1.60. The van der Waals surface area contributed by atoms with E-state index in [0.717, 1.165) is 17.1 Å². The largest absolute Gasteiger partial charge is 0.497 e. The third kappa shape index (κ3) is 4.64. The van der Waals surface area contributed by atoms with Crippen LogP contribution in [0.2, 0.25) is 0 Å². The van der Waals surface area contributed by atoms with Crippen molar-refractivity contribution in [1.82, 2.24) is 5.43 Å². The Kier molecular flexibility index (Phi) is 5.56. The summed E-state index contributed by atoms with van der Waals surface area (Å²) in [4.78, 5) is 10.2. The molecular weight excluding hydrogens is 302 g/mol. The maximum Gasteiger partial charge on any atom is 0.266 e. The molecule has 0 fully saturated rings. The lowest BCUT2D eigenvalue weighted by Crippen LogP contribution is -2.19. The van der Waals surface area contributed by atoms with Crippen LogP contribution in [0.1, 0.15) is 0 Å². The third-order valence-corrected chi connectivity index (χ3v) is 2.86. The summed E-state index contributed by atoms with van der Waals surface area (Å²) in [5.41, 5.74) is 6.58. The van der Waals surface area contributed by atoms with E-state index in [0.29, 0.717) is 12.2 Å². The van der Waals surface area contributed by atoms with Gasteiger partial charge in [-0.25, -0.2) is 0 Å². The standard InChI is InChI=1S/C15H15N3O3S/c1-20-13-6-8-14(9-7-13)21-15(22)17-11-2-4-12(5-3-11)18-16-10-19/h2-10,18H,1H3,(H,16,19)(H,17,22). The fourth-order valence-electron chi connectivity index (χ4n) is 1.64. The van der Waals surface area contributed by atoms with Crippen molar-refractivity contribution in [3.05, 3.63) is 48.5 Å². The first-order valence-corrected chi connectivity index (χ1v) is 6.80. The number of methoxy groups -OCH3 is 1. The number of carbonyl (C=O) groups is 1. The molecule has 114 valence electrons. The number of carbonyl (C=O) groups excluding carboxylic acids is 1. The second kappa shape index (κ2) is 7.84. The number of hydrazine groups is 1. The molecule has 0 saturated carbocycles. The van der Waals surface area contributed by atoms with Crippen LogP contribution in [0.3, 0.4) is 0 Å². The van der Waals surface area contributed by atoms with Crippen molar-refractivity contribution in [2.75, 3.05) is 17.9 Å². The number of benzene rings is 2. The Balaban J connectivity index is 1.89. The fourth-order valence-corrected chi connectivity index (χ4v) is 1.86. The zero-order valence-corrected chi connectivity index (χ0v) is 12.6. The van der Waals surface area contributed by atoms with E-state index in [1.165, 1.54) is 0 Å². The molecule has 0 aliphatic heterocycles. The molecule has 1 amide bonds. The molecule has 0 aliphatic carbocycles. The minimum absolute atomic E-state index is 0.233. The lowest BCUT2D eigenvalue weighted by molar-refractivity contribution is -0.109. The van der Waals surface area contributed by atoms with Crippen molar-refractivity contribution >= 4 is 35.2 Å². The van der Waals surface area contributed by atoms with Crippen LogP contribution in [-0.4, -0.2) is 18.7 Å². The predicted octanol–water partition coefficient (Wildman–Crippen LogP) is 2.54. The zero-order chi connectivity index (χ0) is 15.8. The monoisotopic (exact) mass is 317 g/mol. The molecule has 7 heteroatoms. The van der Waals surface area contributed by atoms with Gasteiger partial charge in [-0.2, -0.15) is 0 Å². The van der Waals surface area contributed by atoms with Crippen LogP contribution in [0.5, 0.6) is 11.5 Å². The Labute approximate surface area is 133 Å².